The minimum atomic E-state index is -0.403. The average Bonchev–Trinajstić information content (AvgIpc) is 2.63. The van der Waals surface area contributed by atoms with Gasteiger partial charge in [0, 0.05) is 11.1 Å². The summed E-state index contributed by atoms with van der Waals surface area (Å²) in [5.74, 6) is -0.183. The van der Waals surface area contributed by atoms with E-state index in [1.807, 2.05) is 68.4 Å². The fourth-order valence-electron chi connectivity index (χ4n) is 2.64. The first kappa shape index (κ1) is 16.7. The summed E-state index contributed by atoms with van der Waals surface area (Å²) in [5.41, 5.74) is 5.63. The zero-order valence-electron chi connectivity index (χ0n) is 14.4. The third kappa shape index (κ3) is 4.04. The van der Waals surface area contributed by atoms with Crippen LogP contribution in [0.5, 0.6) is 0 Å². The second-order valence-corrected chi connectivity index (χ2v) is 5.98. The molecule has 3 aromatic rings. The number of benzene rings is 3. The summed E-state index contributed by atoms with van der Waals surface area (Å²) in [6, 6.07) is 21.6. The van der Waals surface area contributed by atoms with Crippen LogP contribution in [-0.2, 0) is 4.79 Å². The quantitative estimate of drug-likeness (QED) is 0.546. The van der Waals surface area contributed by atoms with Gasteiger partial charge in [-0.15, -0.1) is 0 Å². The summed E-state index contributed by atoms with van der Waals surface area (Å²) in [4.78, 5) is 12.3. The van der Waals surface area contributed by atoms with Gasteiger partial charge in [0.15, 0.2) is 0 Å². The fourth-order valence-corrected chi connectivity index (χ4v) is 2.64. The number of carbonyl (C=O) groups excluding carboxylic acids is 1. The van der Waals surface area contributed by atoms with E-state index in [9.17, 15) is 4.79 Å². The van der Waals surface area contributed by atoms with Gasteiger partial charge in [-0.3, -0.25) is 4.79 Å². The zero-order chi connectivity index (χ0) is 17.6. The Kier molecular flexibility index (Phi) is 5.09. The molecule has 25 heavy (non-hydrogen) atoms. The molecule has 0 fully saturated rings. The number of anilines is 1. The third-order valence-corrected chi connectivity index (χ3v) is 4.12. The molecule has 1 amide bonds. The van der Waals surface area contributed by atoms with Crippen molar-refractivity contribution in [3.8, 4) is 0 Å². The number of amides is 1. The molecule has 0 aromatic heterocycles. The molecule has 3 rings (SSSR count). The topological polar surface area (TPSA) is 53.5 Å². The lowest BCUT2D eigenvalue weighted by molar-refractivity contribution is -0.121. The molecule has 0 saturated heterocycles. The Labute approximate surface area is 147 Å². The molecule has 4 nitrogen and oxygen atoms in total. The van der Waals surface area contributed by atoms with Crippen molar-refractivity contribution >= 4 is 28.6 Å². The highest BCUT2D eigenvalue weighted by Crippen LogP contribution is 2.23. The monoisotopic (exact) mass is 331 g/mol. The predicted octanol–water partition coefficient (Wildman–Crippen LogP) is 4.10. The molecular weight excluding hydrogens is 310 g/mol. The smallest absolute Gasteiger partial charge is 0.262 e. The molecule has 0 aliphatic rings. The summed E-state index contributed by atoms with van der Waals surface area (Å²) in [7, 11) is 0. The molecule has 0 saturated carbocycles. The van der Waals surface area contributed by atoms with Gasteiger partial charge in [-0.25, -0.2) is 5.43 Å². The van der Waals surface area contributed by atoms with Crippen LogP contribution in [0.15, 0.2) is 71.8 Å². The lowest BCUT2D eigenvalue weighted by Gasteiger charge is -2.15. The van der Waals surface area contributed by atoms with E-state index in [0.717, 1.165) is 27.6 Å². The Morgan fingerprint density at radius 3 is 2.56 bits per heavy atom. The number of hydrazone groups is 1. The number of aryl methyl sites for hydroxylation is 1. The molecule has 4 heteroatoms. The van der Waals surface area contributed by atoms with Crippen molar-refractivity contribution in [2.24, 2.45) is 5.10 Å². The van der Waals surface area contributed by atoms with Crippen LogP contribution in [-0.4, -0.2) is 18.2 Å². The summed E-state index contributed by atoms with van der Waals surface area (Å²) >= 11 is 0. The maximum Gasteiger partial charge on any atom is 0.262 e. The Morgan fingerprint density at radius 1 is 1.00 bits per heavy atom. The highest BCUT2D eigenvalue weighted by atomic mass is 16.2. The molecule has 0 unspecified atom stereocenters. The van der Waals surface area contributed by atoms with E-state index in [-0.39, 0.29) is 5.91 Å². The number of nitrogens with zero attached hydrogens (tertiary/aromatic N) is 1. The molecule has 126 valence electrons. The summed E-state index contributed by atoms with van der Waals surface area (Å²) < 4.78 is 0. The third-order valence-electron chi connectivity index (χ3n) is 4.12. The van der Waals surface area contributed by atoms with Crippen molar-refractivity contribution in [2.45, 2.75) is 19.9 Å². The van der Waals surface area contributed by atoms with E-state index in [0.29, 0.717) is 0 Å². The first-order chi connectivity index (χ1) is 12.1. The average molecular weight is 331 g/mol. The van der Waals surface area contributed by atoms with Crippen LogP contribution >= 0.6 is 0 Å². The minimum absolute atomic E-state index is 0.183. The van der Waals surface area contributed by atoms with Crippen LogP contribution in [0, 0.1) is 6.92 Å². The number of nitrogens with one attached hydrogen (secondary N) is 2. The van der Waals surface area contributed by atoms with Gasteiger partial charge in [-0.05, 0) is 36.4 Å². The van der Waals surface area contributed by atoms with Gasteiger partial charge < -0.3 is 5.32 Å². The normalized spacial score (nSPS) is 12.2. The van der Waals surface area contributed by atoms with Crippen LogP contribution in [0.2, 0.25) is 0 Å². The van der Waals surface area contributed by atoms with Crippen molar-refractivity contribution in [3.63, 3.8) is 0 Å². The highest BCUT2D eigenvalue weighted by Gasteiger charge is 2.12. The van der Waals surface area contributed by atoms with E-state index in [1.165, 1.54) is 0 Å². The largest absolute Gasteiger partial charge is 0.373 e. The number of hydrogen-bond acceptors (Lipinski definition) is 3. The molecule has 3 aromatic carbocycles. The van der Waals surface area contributed by atoms with Gasteiger partial charge in [0.1, 0.15) is 6.04 Å². The second kappa shape index (κ2) is 7.62. The van der Waals surface area contributed by atoms with Gasteiger partial charge in [-0.2, -0.15) is 5.10 Å². The standard InChI is InChI=1S/C21H21N3O/c1-15-8-3-4-10-18(15)14-22-24-21(25)16(2)23-20-13-7-11-17-9-5-6-12-19(17)20/h3-14,16,23H,1-2H3,(H,24,25)/b22-14-/t16-/m1/s1. The molecule has 0 aliphatic carbocycles. The number of fused-ring (bicyclic) bond motifs is 1. The lowest BCUT2D eigenvalue weighted by Crippen LogP contribution is -2.34. The first-order valence-corrected chi connectivity index (χ1v) is 8.28. The lowest BCUT2D eigenvalue weighted by atomic mass is 10.1. The second-order valence-electron chi connectivity index (χ2n) is 5.98. The molecule has 0 heterocycles. The highest BCUT2D eigenvalue weighted by molar-refractivity contribution is 5.96. The molecule has 0 bridgehead atoms. The van der Waals surface area contributed by atoms with Crippen molar-refractivity contribution in [1.29, 1.82) is 0 Å². The van der Waals surface area contributed by atoms with E-state index >= 15 is 0 Å². The fraction of sp³-hybridized carbons (Fsp3) is 0.143. The Hall–Kier alpha value is -3.14. The summed E-state index contributed by atoms with van der Waals surface area (Å²) in [5, 5.41) is 9.55. The summed E-state index contributed by atoms with van der Waals surface area (Å²) in [6.45, 7) is 3.83. The van der Waals surface area contributed by atoms with Crippen molar-refractivity contribution in [3.05, 3.63) is 77.9 Å². The maximum absolute atomic E-state index is 12.3. The minimum Gasteiger partial charge on any atom is -0.373 e. The van der Waals surface area contributed by atoms with Crippen LogP contribution in [0.25, 0.3) is 10.8 Å². The molecule has 0 aliphatic heterocycles. The zero-order valence-corrected chi connectivity index (χ0v) is 14.4. The number of hydrogen-bond donors (Lipinski definition) is 2. The molecule has 1 atom stereocenters. The number of carbonyl (C=O) groups is 1. The van der Waals surface area contributed by atoms with Crippen molar-refractivity contribution < 1.29 is 4.79 Å². The van der Waals surface area contributed by atoms with Crippen LogP contribution in [0.3, 0.4) is 0 Å². The Morgan fingerprint density at radius 2 is 1.72 bits per heavy atom. The van der Waals surface area contributed by atoms with Crippen molar-refractivity contribution in [2.75, 3.05) is 5.32 Å². The summed E-state index contributed by atoms with van der Waals surface area (Å²) in [6.07, 6.45) is 1.66. The van der Waals surface area contributed by atoms with Gasteiger partial charge in [0.25, 0.3) is 5.91 Å². The van der Waals surface area contributed by atoms with E-state index in [2.05, 4.69) is 28.0 Å². The Bertz CT molecular complexity index is 912. The number of rotatable bonds is 5. The van der Waals surface area contributed by atoms with Crippen LogP contribution < -0.4 is 10.7 Å². The van der Waals surface area contributed by atoms with Gasteiger partial charge in [0.2, 0.25) is 0 Å². The Balaban J connectivity index is 1.65. The molecule has 2 N–H and O–H groups in total. The van der Waals surface area contributed by atoms with Crippen LogP contribution in [0.1, 0.15) is 18.1 Å². The predicted molar refractivity (Wildman–Crippen MR) is 104 cm³/mol. The van der Waals surface area contributed by atoms with Crippen LogP contribution in [0.4, 0.5) is 5.69 Å². The van der Waals surface area contributed by atoms with Gasteiger partial charge >= 0.3 is 0 Å². The molecular formula is C21H21N3O. The van der Waals surface area contributed by atoms with Crippen molar-refractivity contribution in [1.82, 2.24) is 5.43 Å². The van der Waals surface area contributed by atoms with E-state index in [1.54, 1.807) is 6.21 Å². The maximum atomic E-state index is 12.3. The van der Waals surface area contributed by atoms with Gasteiger partial charge in [0.05, 0.1) is 6.21 Å². The van der Waals surface area contributed by atoms with Gasteiger partial charge in [-0.1, -0.05) is 60.7 Å². The van der Waals surface area contributed by atoms with E-state index in [4.69, 9.17) is 0 Å². The van der Waals surface area contributed by atoms with E-state index < -0.39 is 6.04 Å². The first-order valence-electron chi connectivity index (χ1n) is 8.28. The SMILES string of the molecule is Cc1ccccc1/C=N\NC(=O)[C@@H](C)Nc1cccc2ccccc12. The molecule has 0 spiro atoms. The molecule has 0 radical (unpaired) electrons.